The molecule has 0 saturated carbocycles. The fourth-order valence-electron chi connectivity index (χ4n) is 1.85. The summed E-state index contributed by atoms with van der Waals surface area (Å²) in [6, 6.07) is 11.2. The first-order valence-electron chi connectivity index (χ1n) is 6.49. The molecule has 0 aromatic heterocycles. The number of ether oxygens (including phenoxy) is 1. The van der Waals surface area contributed by atoms with Crippen LogP contribution in [-0.4, -0.2) is 16.4 Å². The van der Waals surface area contributed by atoms with E-state index in [4.69, 9.17) is 27.9 Å². The van der Waals surface area contributed by atoms with Gasteiger partial charge in [-0.2, -0.15) is 0 Å². The second-order valence-corrected chi connectivity index (χ2v) is 7.65. The van der Waals surface area contributed by atoms with Crippen molar-refractivity contribution in [3.63, 3.8) is 0 Å². The third-order valence-electron chi connectivity index (χ3n) is 3.03. The molecule has 0 bridgehead atoms. The van der Waals surface area contributed by atoms with Crippen LogP contribution in [0.3, 0.4) is 0 Å². The lowest BCUT2D eigenvalue weighted by Crippen LogP contribution is -2.16. The molecular weight excluding hydrogens is 473 g/mol. The summed E-state index contributed by atoms with van der Waals surface area (Å²) in [5.41, 5.74) is 0.880. The lowest BCUT2D eigenvalue weighted by Gasteiger charge is -2.19. The Balaban J connectivity index is 1.99. The Bertz CT molecular complexity index is 698. The number of halogens is 4. The molecule has 2 unspecified atom stereocenters. The van der Waals surface area contributed by atoms with Gasteiger partial charge in [-0.05, 0) is 35.9 Å². The summed E-state index contributed by atoms with van der Waals surface area (Å²) in [7, 11) is 0. The molecule has 2 rings (SSSR count). The number of hydrogen-bond acceptors (Lipinski definition) is 3. The molecule has 0 aliphatic carbocycles. The van der Waals surface area contributed by atoms with E-state index in [2.05, 4.69) is 31.9 Å². The van der Waals surface area contributed by atoms with Gasteiger partial charge >= 0.3 is 0 Å². The summed E-state index contributed by atoms with van der Waals surface area (Å²) < 4.78 is 5.64. The van der Waals surface area contributed by atoms with Gasteiger partial charge in [0.05, 0.1) is 14.6 Å². The van der Waals surface area contributed by atoms with Crippen LogP contribution in [0.25, 0.3) is 0 Å². The fraction of sp³-hybridized carbons (Fsp3) is 0.200. The van der Waals surface area contributed by atoms with Crippen LogP contribution >= 0.6 is 55.1 Å². The molecule has 122 valence electrons. The third kappa shape index (κ3) is 5.08. The molecule has 2 atom stereocenters. The Morgan fingerprint density at radius 3 is 2.39 bits per heavy atom. The third-order valence-corrected chi connectivity index (χ3v) is 6.24. The van der Waals surface area contributed by atoms with Gasteiger partial charge in [0.1, 0.15) is 12.4 Å². The summed E-state index contributed by atoms with van der Waals surface area (Å²) >= 11 is 19.3. The van der Waals surface area contributed by atoms with Gasteiger partial charge in [-0.15, -0.1) is 0 Å². The predicted octanol–water partition coefficient (Wildman–Crippen LogP) is 6.18. The summed E-state index contributed by atoms with van der Waals surface area (Å²) in [5.74, 6) is 0.553. The van der Waals surface area contributed by atoms with Crippen molar-refractivity contribution >= 4 is 60.7 Å². The zero-order chi connectivity index (χ0) is 17.0. The molecular formula is C15H11Br2Cl2NO3. The number of alkyl halides is 2. The summed E-state index contributed by atoms with van der Waals surface area (Å²) in [6.45, 7) is 0.344. The zero-order valence-corrected chi connectivity index (χ0v) is 16.3. The predicted molar refractivity (Wildman–Crippen MR) is 99.4 cm³/mol. The van der Waals surface area contributed by atoms with Gasteiger partial charge in [0, 0.05) is 22.2 Å². The summed E-state index contributed by atoms with van der Waals surface area (Å²) in [6.07, 6.45) is 0. The van der Waals surface area contributed by atoms with E-state index in [-0.39, 0.29) is 15.3 Å². The van der Waals surface area contributed by atoms with Crippen molar-refractivity contribution < 1.29 is 9.66 Å². The van der Waals surface area contributed by atoms with E-state index >= 15 is 0 Å². The Morgan fingerprint density at radius 2 is 1.78 bits per heavy atom. The summed E-state index contributed by atoms with van der Waals surface area (Å²) in [4.78, 5) is 9.98. The van der Waals surface area contributed by atoms with Crippen molar-refractivity contribution in [2.24, 2.45) is 0 Å². The summed E-state index contributed by atoms with van der Waals surface area (Å²) in [5, 5.41) is 11.8. The van der Waals surface area contributed by atoms with Gasteiger partial charge in [-0.1, -0.05) is 55.1 Å². The first-order chi connectivity index (χ1) is 10.9. The van der Waals surface area contributed by atoms with E-state index in [0.29, 0.717) is 22.4 Å². The van der Waals surface area contributed by atoms with Crippen LogP contribution in [0.1, 0.15) is 10.4 Å². The van der Waals surface area contributed by atoms with E-state index in [0.717, 1.165) is 5.56 Å². The second-order valence-electron chi connectivity index (χ2n) is 4.65. The molecule has 0 aliphatic rings. The highest BCUT2D eigenvalue weighted by Gasteiger charge is 2.21. The van der Waals surface area contributed by atoms with Crippen LogP contribution in [-0.2, 0) is 0 Å². The van der Waals surface area contributed by atoms with Gasteiger partial charge in [0.2, 0.25) is 0 Å². The van der Waals surface area contributed by atoms with E-state index in [1.54, 1.807) is 30.3 Å². The Morgan fingerprint density at radius 1 is 1.13 bits per heavy atom. The number of hydrogen-bond donors (Lipinski definition) is 0. The highest BCUT2D eigenvalue weighted by atomic mass is 79.9. The quantitative estimate of drug-likeness (QED) is 0.280. The van der Waals surface area contributed by atoms with Gasteiger partial charge < -0.3 is 4.74 Å². The topological polar surface area (TPSA) is 52.4 Å². The molecule has 0 radical (unpaired) electrons. The zero-order valence-electron chi connectivity index (χ0n) is 11.6. The van der Waals surface area contributed by atoms with E-state index in [9.17, 15) is 10.1 Å². The standard InChI is InChI=1S/C15H11Br2Cl2NO3/c16-13(15(17)12-7-9(18)1-6-14(12)19)8-23-11-4-2-10(3-5-11)20(21)22/h1-7,13,15H,8H2. The average molecular weight is 484 g/mol. The van der Waals surface area contributed by atoms with Gasteiger partial charge in [-0.25, -0.2) is 0 Å². The molecule has 0 amide bonds. The van der Waals surface area contributed by atoms with Crippen molar-refractivity contribution in [3.8, 4) is 5.75 Å². The number of nitro groups is 1. The van der Waals surface area contributed by atoms with Crippen LogP contribution in [0.15, 0.2) is 42.5 Å². The maximum atomic E-state index is 10.6. The maximum absolute atomic E-state index is 10.6. The van der Waals surface area contributed by atoms with Crippen LogP contribution in [0, 0.1) is 10.1 Å². The number of nitro benzene ring substituents is 1. The first-order valence-corrected chi connectivity index (χ1v) is 9.07. The molecule has 2 aromatic rings. The van der Waals surface area contributed by atoms with Crippen molar-refractivity contribution in [2.75, 3.05) is 6.61 Å². The normalized spacial score (nSPS) is 13.4. The van der Waals surface area contributed by atoms with Crippen LogP contribution < -0.4 is 4.74 Å². The van der Waals surface area contributed by atoms with Crippen molar-refractivity contribution in [3.05, 3.63) is 68.2 Å². The molecule has 8 heteroatoms. The van der Waals surface area contributed by atoms with Crippen molar-refractivity contribution in [1.29, 1.82) is 0 Å². The minimum Gasteiger partial charge on any atom is -0.492 e. The Labute approximate surface area is 160 Å². The number of non-ortho nitro benzene ring substituents is 1. The van der Waals surface area contributed by atoms with Gasteiger partial charge in [0.15, 0.2) is 0 Å². The molecule has 0 fully saturated rings. The lowest BCUT2D eigenvalue weighted by atomic mass is 10.1. The molecule has 23 heavy (non-hydrogen) atoms. The molecule has 0 spiro atoms. The van der Waals surface area contributed by atoms with Gasteiger partial charge in [0.25, 0.3) is 5.69 Å². The number of benzene rings is 2. The molecule has 0 heterocycles. The van der Waals surface area contributed by atoms with E-state index in [1.807, 2.05) is 0 Å². The highest BCUT2D eigenvalue weighted by Crippen LogP contribution is 2.37. The highest BCUT2D eigenvalue weighted by molar-refractivity contribution is 9.12. The maximum Gasteiger partial charge on any atom is 0.269 e. The van der Waals surface area contributed by atoms with E-state index < -0.39 is 4.92 Å². The monoisotopic (exact) mass is 481 g/mol. The minimum absolute atomic E-state index is 0.0248. The SMILES string of the molecule is O=[N+]([O-])c1ccc(OCC(Br)C(Br)c2cc(Cl)ccc2Cl)cc1. The van der Waals surface area contributed by atoms with Crippen molar-refractivity contribution in [1.82, 2.24) is 0 Å². The van der Waals surface area contributed by atoms with Crippen LogP contribution in [0.5, 0.6) is 5.75 Å². The average Bonchev–Trinajstić information content (AvgIpc) is 2.54. The second kappa shape index (κ2) is 8.33. The van der Waals surface area contributed by atoms with Gasteiger partial charge in [-0.3, -0.25) is 10.1 Å². The minimum atomic E-state index is -0.452. The molecule has 0 aliphatic heterocycles. The number of nitrogens with zero attached hydrogens (tertiary/aromatic N) is 1. The first kappa shape index (κ1) is 18.5. The molecule has 0 N–H and O–H groups in total. The lowest BCUT2D eigenvalue weighted by molar-refractivity contribution is -0.384. The Hall–Kier alpha value is -0.820. The molecule has 0 saturated heterocycles. The fourth-order valence-corrected chi connectivity index (χ4v) is 3.34. The van der Waals surface area contributed by atoms with E-state index in [1.165, 1.54) is 12.1 Å². The van der Waals surface area contributed by atoms with Crippen LogP contribution in [0.2, 0.25) is 10.0 Å². The van der Waals surface area contributed by atoms with Crippen molar-refractivity contribution in [2.45, 2.75) is 9.65 Å². The smallest absolute Gasteiger partial charge is 0.269 e. The Kier molecular flexibility index (Phi) is 6.71. The number of rotatable bonds is 6. The molecule has 2 aromatic carbocycles. The van der Waals surface area contributed by atoms with Crippen LogP contribution in [0.4, 0.5) is 5.69 Å². The molecule has 4 nitrogen and oxygen atoms in total. The largest absolute Gasteiger partial charge is 0.492 e.